The van der Waals surface area contributed by atoms with Crippen molar-refractivity contribution in [3.8, 4) is 44.5 Å². The average molecular weight is 740 g/mol. The molecule has 11 rings (SSSR count). The molecule has 274 valence electrons. The van der Waals surface area contributed by atoms with Crippen molar-refractivity contribution in [3.05, 3.63) is 223 Å². The molecule has 1 aliphatic rings. The summed E-state index contributed by atoms with van der Waals surface area (Å²) in [6.45, 7) is 4.73. The molecule has 0 radical (unpaired) electrons. The Morgan fingerprint density at radius 1 is 0.345 bits per heavy atom. The van der Waals surface area contributed by atoms with Crippen LogP contribution < -0.4 is 4.90 Å². The molecule has 0 aliphatic heterocycles. The van der Waals surface area contributed by atoms with Crippen LogP contribution in [0.15, 0.2) is 212 Å². The van der Waals surface area contributed by atoms with Gasteiger partial charge >= 0.3 is 0 Å². The number of hydrogen-bond donors (Lipinski definition) is 0. The summed E-state index contributed by atoms with van der Waals surface area (Å²) < 4.78 is 0. The largest absolute Gasteiger partial charge is 0.309 e. The van der Waals surface area contributed by atoms with Crippen molar-refractivity contribution in [2.75, 3.05) is 4.90 Å². The van der Waals surface area contributed by atoms with Gasteiger partial charge in [0.05, 0.1) is 11.4 Å². The Morgan fingerprint density at radius 2 is 0.914 bits per heavy atom. The van der Waals surface area contributed by atoms with Crippen molar-refractivity contribution in [3.63, 3.8) is 0 Å². The quantitative estimate of drug-likeness (QED) is 0.154. The van der Waals surface area contributed by atoms with Crippen LogP contribution in [0.5, 0.6) is 0 Å². The third-order valence-corrected chi connectivity index (χ3v) is 12.4. The van der Waals surface area contributed by atoms with Gasteiger partial charge in [0, 0.05) is 22.2 Å². The molecular formula is C57H41N. The summed E-state index contributed by atoms with van der Waals surface area (Å²) in [6, 6.07) is 78.2. The molecule has 0 heterocycles. The Labute approximate surface area is 340 Å². The van der Waals surface area contributed by atoms with Gasteiger partial charge in [0.15, 0.2) is 0 Å². The second kappa shape index (κ2) is 13.5. The highest BCUT2D eigenvalue weighted by Gasteiger charge is 2.38. The summed E-state index contributed by atoms with van der Waals surface area (Å²) in [5.74, 6) is 0. The van der Waals surface area contributed by atoms with Crippen molar-refractivity contribution < 1.29 is 0 Å². The van der Waals surface area contributed by atoms with Crippen LogP contribution in [-0.4, -0.2) is 0 Å². The molecule has 0 N–H and O–H groups in total. The molecule has 1 nitrogen and oxygen atoms in total. The fourth-order valence-corrected chi connectivity index (χ4v) is 9.72. The molecule has 0 unspecified atom stereocenters. The van der Waals surface area contributed by atoms with Gasteiger partial charge in [0.25, 0.3) is 0 Å². The van der Waals surface area contributed by atoms with Gasteiger partial charge in [0.2, 0.25) is 0 Å². The van der Waals surface area contributed by atoms with E-state index in [1.54, 1.807) is 0 Å². The summed E-state index contributed by atoms with van der Waals surface area (Å²) in [7, 11) is 0. The first kappa shape index (κ1) is 34.1. The van der Waals surface area contributed by atoms with E-state index in [2.05, 4.69) is 231 Å². The zero-order chi connectivity index (χ0) is 38.8. The van der Waals surface area contributed by atoms with Crippen LogP contribution in [0.1, 0.15) is 25.0 Å². The van der Waals surface area contributed by atoms with Crippen molar-refractivity contribution in [1.29, 1.82) is 0 Å². The maximum absolute atomic E-state index is 2.52. The third-order valence-electron chi connectivity index (χ3n) is 12.4. The summed E-state index contributed by atoms with van der Waals surface area (Å²) in [5.41, 5.74) is 15.9. The van der Waals surface area contributed by atoms with Gasteiger partial charge in [-0.05, 0) is 107 Å². The summed E-state index contributed by atoms with van der Waals surface area (Å²) in [6.07, 6.45) is 0. The number of hydrogen-bond acceptors (Lipinski definition) is 1. The number of rotatable bonds is 6. The normalized spacial score (nSPS) is 12.8. The van der Waals surface area contributed by atoms with Gasteiger partial charge in [-0.1, -0.05) is 196 Å². The lowest BCUT2D eigenvalue weighted by Gasteiger charge is -2.31. The molecule has 0 aromatic heterocycles. The molecule has 0 fully saturated rings. The smallest absolute Gasteiger partial charge is 0.0546 e. The molecule has 0 spiro atoms. The SMILES string of the molecule is CC1(C)c2ccccc2-c2c(N(c3ccc(-c4cc5ccccc5c5cccc(-c6ccccc6)c45)cc3)c3ccc4ccccc4c3-c3ccccc3)cccc21. The van der Waals surface area contributed by atoms with Crippen LogP contribution in [0.3, 0.4) is 0 Å². The number of nitrogens with zero attached hydrogens (tertiary/aromatic N) is 1. The molecule has 58 heavy (non-hydrogen) atoms. The first-order valence-corrected chi connectivity index (χ1v) is 20.3. The highest BCUT2D eigenvalue weighted by atomic mass is 15.1. The van der Waals surface area contributed by atoms with Crippen LogP contribution in [0.2, 0.25) is 0 Å². The fourth-order valence-electron chi connectivity index (χ4n) is 9.72. The summed E-state index contributed by atoms with van der Waals surface area (Å²) in [4.78, 5) is 2.52. The van der Waals surface area contributed by atoms with Gasteiger partial charge in [0.1, 0.15) is 0 Å². The van der Waals surface area contributed by atoms with Gasteiger partial charge in [-0.15, -0.1) is 0 Å². The van der Waals surface area contributed by atoms with Crippen molar-refractivity contribution in [2.24, 2.45) is 0 Å². The number of benzene rings is 10. The molecule has 0 amide bonds. The molecule has 10 aromatic carbocycles. The number of fused-ring (bicyclic) bond motifs is 7. The van der Waals surface area contributed by atoms with Gasteiger partial charge in [-0.2, -0.15) is 0 Å². The minimum absolute atomic E-state index is 0.128. The maximum atomic E-state index is 2.52. The maximum Gasteiger partial charge on any atom is 0.0546 e. The van der Waals surface area contributed by atoms with Gasteiger partial charge in [-0.25, -0.2) is 0 Å². The molecular weight excluding hydrogens is 699 g/mol. The van der Waals surface area contributed by atoms with E-state index < -0.39 is 0 Å². The van der Waals surface area contributed by atoms with Gasteiger partial charge < -0.3 is 4.90 Å². The average Bonchev–Trinajstić information content (AvgIpc) is 3.53. The Morgan fingerprint density at radius 3 is 1.71 bits per heavy atom. The lowest BCUT2D eigenvalue weighted by Crippen LogP contribution is -2.16. The van der Waals surface area contributed by atoms with E-state index in [0.29, 0.717) is 0 Å². The fraction of sp³-hybridized carbons (Fsp3) is 0.0526. The molecule has 0 atom stereocenters. The second-order valence-corrected chi connectivity index (χ2v) is 16.0. The Hall–Kier alpha value is -7.22. The molecule has 0 saturated heterocycles. The van der Waals surface area contributed by atoms with Crippen LogP contribution in [0.4, 0.5) is 17.1 Å². The first-order valence-electron chi connectivity index (χ1n) is 20.3. The van der Waals surface area contributed by atoms with Crippen molar-refractivity contribution in [2.45, 2.75) is 19.3 Å². The van der Waals surface area contributed by atoms with E-state index in [1.807, 2.05) is 0 Å². The van der Waals surface area contributed by atoms with Crippen LogP contribution in [0, 0.1) is 0 Å². The van der Waals surface area contributed by atoms with E-state index in [-0.39, 0.29) is 5.41 Å². The van der Waals surface area contributed by atoms with Gasteiger partial charge in [-0.3, -0.25) is 0 Å². The van der Waals surface area contributed by atoms with E-state index in [1.165, 1.54) is 93.6 Å². The topological polar surface area (TPSA) is 3.24 Å². The first-order chi connectivity index (χ1) is 28.6. The molecule has 0 saturated carbocycles. The lowest BCUT2D eigenvalue weighted by atomic mass is 9.82. The van der Waals surface area contributed by atoms with Crippen LogP contribution >= 0.6 is 0 Å². The highest BCUT2D eigenvalue weighted by molar-refractivity contribution is 6.18. The zero-order valence-corrected chi connectivity index (χ0v) is 32.7. The van der Waals surface area contributed by atoms with Crippen LogP contribution in [0.25, 0.3) is 76.8 Å². The van der Waals surface area contributed by atoms with Crippen molar-refractivity contribution in [1.82, 2.24) is 0 Å². The molecule has 1 aliphatic carbocycles. The minimum Gasteiger partial charge on any atom is -0.309 e. The van der Waals surface area contributed by atoms with E-state index in [0.717, 1.165) is 11.4 Å². The zero-order valence-electron chi connectivity index (χ0n) is 32.7. The molecule has 1 heteroatoms. The summed E-state index contributed by atoms with van der Waals surface area (Å²) >= 11 is 0. The summed E-state index contributed by atoms with van der Waals surface area (Å²) in [5, 5.41) is 7.51. The van der Waals surface area contributed by atoms with Crippen molar-refractivity contribution >= 4 is 49.4 Å². The molecule has 10 aromatic rings. The predicted octanol–water partition coefficient (Wildman–Crippen LogP) is 15.9. The predicted molar refractivity (Wildman–Crippen MR) is 248 cm³/mol. The van der Waals surface area contributed by atoms with E-state index >= 15 is 0 Å². The Kier molecular flexibility index (Phi) is 7.91. The van der Waals surface area contributed by atoms with Crippen LogP contribution in [-0.2, 0) is 5.41 Å². The van der Waals surface area contributed by atoms with E-state index in [9.17, 15) is 0 Å². The highest BCUT2D eigenvalue weighted by Crippen LogP contribution is 2.55. The second-order valence-electron chi connectivity index (χ2n) is 16.0. The monoisotopic (exact) mass is 739 g/mol. The minimum atomic E-state index is -0.128. The third kappa shape index (κ3) is 5.31. The lowest BCUT2D eigenvalue weighted by molar-refractivity contribution is 0.660. The van der Waals surface area contributed by atoms with E-state index in [4.69, 9.17) is 0 Å². The number of anilines is 3. The molecule has 0 bridgehead atoms. The Bertz CT molecular complexity index is 3180. The Balaban J connectivity index is 1.18. The standard InChI is InChI=1S/C57H41N/c1-57(2)50-28-14-13-25-48(50)56-51(57)29-16-30-52(56)58(53-36-33-39-19-9-12-24-45(39)54(53)41-20-7-4-8-21-41)43-34-31-40(32-35-43)49-37-42-22-10-11-23-44(42)47-27-15-26-46(55(47)49)38-17-5-3-6-18-38/h3-37H,1-2H3.